The molecule has 0 bridgehead atoms. The van der Waals surface area contributed by atoms with Crippen molar-refractivity contribution in [1.29, 1.82) is 0 Å². The normalized spacial score (nSPS) is 15.4. The number of hydrogen-bond acceptors (Lipinski definition) is 7. The second-order valence-corrected chi connectivity index (χ2v) is 9.20. The van der Waals surface area contributed by atoms with Gasteiger partial charge in [0.15, 0.2) is 4.34 Å². The second-order valence-electron chi connectivity index (χ2n) is 5.97. The molecule has 3 rings (SSSR count). The summed E-state index contributed by atoms with van der Waals surface area (Å²) in [6.07, 6.45) is 6.37. The number of thioether (sulfide) groups is 1. The maximum Gasteiger partial charge on any atom is 0.233 e. The highest BCUT2D eigenvalue weighted by Gasteiger charge is 2.16. The van der Waals surface area contributed by atoms with Gasteiger partial charge in [0.05, 0.1) is 12.3 Å². The van der Waals surface area contributed by atoms with Crippen LogP contribution in [-0.2, 0) is 11.3 Å². The van der Waals surface area contributed by atoms with Gasteiger partial charge >= 0.3 is 0 Å². The standard InChI is InChI=1S/C16H22N4OS3/c1-20(10-13-8-5-9-22-13)14(21)11-23-16-19-18-15(24-16)17-12-6-3-2-4-7-12/h5,8-9,12H,2-4,6-7,10-11H2,1H3,(H,17,18). The lowest BCUT2D eigenvalue weighted by molar-refractivity contribution is -0.127. The van der Waals surface area contributed by atoms with Crippen LogP contribution in [0, 0.1) is 0 Å². The summed E-state index contributed by atoms with van der Waals surface area (Å²) >= 11 is 4.69. The lowest BCUT2D eigenvalue weighted by Crippen LogP contribution is -2.27. The Labute approximate surface area is 154 Å². The van der Waals surface area contributed by atoms with Gasteiger partial charge in [0, 0.05) is 18.0 Å². The molecule has 1 saturated carbocycles. The van der Waals surface area contributed by atoms with Crippen LogP contribution in [0.5, 0.6) is 0 Å². The minimum atomic E-state index is 0.116. The van der Waals surface area contributed by atoms with Crippen molar-refractivity contribution < 1.29 is 4.79 Å². The largest absolute Gasteiger partial charge is 0.357 e. The van der Waals surface area contributed by atoms with Crippen molar-refractivity contribution in [3.05, 3.63) is 22.4 Å². The van der Waals surface area contributed by atoms with Gasteiger partial charge < -0.3 is 10.2 Å². The molecule has 2 heterocycles. The lowest BCUT2D eigenvalue weighted by atomic mass is 9.96. The Morgan fingerprint density at radius 1 is 1.38 bits per heavy atom. The number of amides is 1. The van der Waals surface area contributed by atoms with E-state index >= 15 is 0 Å². The zero-order valence-electron chi connectivity index (χ0n) is 13.7. The van der Waals surface area contributed by atoms with Gasteiger partial charge in [0.25, 0.3) is 0 Å². The molecule has 8 heteroatoms. The molecule has 2 aromatic rings. The lowest BCUT2D eigenvalue weighted by Gasteiger charge is -2.21. The summed E-state index contributed by atoms with van der Waals surface area (Å²) in [6.45, 7) is 0.668. The van der Waals surface area contributed by atoms with Crippen LogP contribution >= 0.6 is 34.4 Å². The Balaban J connectivity index is 1.43. The summed E-state index contributed by atoms with van der Waals surface area (Å²) < 4.78 is 0.853. The van der Waals surface area contributed by atoms with Crippen molar-refractivity contribution in [3.8, 4) is 0 Å². The first-order valence-corrected chi connectivity index (χ1v) is 10.9. The second kappa shape index (κ2) is 8.82. The van der Waals surface area contributed by atoms with E-state index in [2.05, 4.69) is 21.6 Å². The van der Waals surface area contributed by atoms with Crippen LogP contribution in [-0.4, -0.2) is 39.8 Å². The summed E-state index contributed by atoms with van der Waals surface area (Å²) in [7, 11) is 1.85. The van der Waals surface area contributed by atoms with E-state index in [0.29, 0.717) is 18.3 Å². The molecule has 1 N–H and O–H groups in total. The molecule has 24 heavy (non-hydrogen) atoms. The summed E-state index contributed by atoms with van der Waals surface area (Å²) in [6, 6.07) is 4.59. The molecule has 1 aliphatic rings. The Kier molecular flexibility index (Phi) is 6.51. The van der Waals surface area contributed by atoms with Crippen LogP contribution in [0.25, 0.3) is 0 Å². The molecule has 0 aliphatic heterocycles. The molecule has 0 saturated heterocycles. The van der Waals surface area contributed by atoms with E-state index in [4.69, 9.17) is 0 Å². The van der Waals surface area contributed by atoms with E-state index < -0.39 is 0 Å². The predicted molar refractivity (Wildman–Crippen MR) is 102 cm³/mol. The van der Waals surface area contributed by atoms with Crippen molar-refractivity contribution >= 4 is 45.5 Å². The maximum absolute atomic E-state index is 12.2. The fraction of sp³-hybridized carbons (Fsp3) is 0.562. The number of anilines is 1. The molecule has 2 aromatic heterocycles. The van der Waals surface area contributed by atoms with E-state index in [1.54, 1.807) is 27.6 Å². The first-order valence-electron chi connectivity index (χ1n) is 8.20. The van der Waals surface area contributed by atoms with Gasteiger partial charge in [-0.2, -0.15) is 0 Å². The molecular formula is C16H22N4OS3. The topological polar surface area (TPSA) is 58.1 Å². The van der Waals surface area contributed by atoms with E-state index in [9.17, 15) is 4.79 Å². The number of nitrogens with one attached hydrogen (secondary N) is 1. The summed E-state index contributed by atoms with van der Waals surface area (Å²) in [5.41, 5.74) is 0. The number of carbonyl (C=O) groups is 1. The molecule has 1 aliphatic carbocycles. The average molecular weight is 383 g/mol. The number of aromatic nitrogens is 2. The van der Waals surface area contributed by atoms with E-state index in [0.717, 1.165) is 9.47 Å². The van der Waals surface area contributed by atoms with Crippen LogP contribution in [0.15, 0.2) is 21.9 Å². The number of carbonyl (C=O) groups excluding carboxylic acids is 1. The first-order chi connectivity index (χ1) is 11.7. The third-order valence-electron chi connectivity index (χ3n) is 4.06. The summed E-state index contributed by atoms with van der Waals surface area (Å²) in [4.78, 5) is 15.2. The molecule has 0 unspecified atom stereocenters. The molecular weight excluding hydrogens is 360 g/mol. The third-order valence-corrected chi connectivity index (χ3v) is 6.89. The number of hydrogen-bond donors (Lipinski definition) is 1. The minimum Gasteiger partial charge on any atom is -0.357 e. The van der Waals surface area contributed by atoms with Crippen molar-refractivity contribution in [2.75, 3.05) is 18.1 Å². The molecule has 0 radical (unpaired) electrons. The number of thiophene rings is 1. The van der Waals surface area contributed by atoms with Crippen LogP contribution in [0.4, 0.5) is 5.13 Å². The minimum absolute atomic E-state index is 0.116. The average Bonchev–Trinajstić information content (AvgIpc) is 3.25. The third kappa shape index (κ3) is 5.19. The maximum atomic E-state index is 12.2. The fourth-order valence-corrected chi connectivity index (χ4v) is 5.23. The van der Waals surface area contributed by atoms with Crippen LogP contribution < -0.4 is 5.32 Å². The molecule has 1 amide bonds. The van der Waals surface area contributed by atoms with Gasteiger partial charge in [-0.05, 0) is 24.3 Å². The van der Waals surface area contributed by atoms with Crippen molar-refractivity contribution in [2.45, 2.75) is 49.0 Å². The predicted octanol–water partition coefficient (Wildman–Crippen LogP) is 4.09. The highest BCUT2D eigenvalue weighted by atomic mass is 32.2. The molecule has 5 nitrogen and oxygen atoms in total. The van der Waals surface area contributed by atoms with Gasteiger partial charge in [-0.25, -0.2) is 0 Å². The molecule has 0 atom stereocenters. The van der Waals surface area contributed by atoms with Gasteiger partial charge in [0.2, 0.25) is 11.0 Å². The zero-order chi connectivity index (χ0) is 16.8. The van der Waals surface area contributed by atoms with Crippen molar-refractivity contribution in [1.82, 2.24) is 15.1 Å². The zero-order valence-corrected chi connectivity index (χ0v) is 16.2. The Hall–Kier alpha value is -1.12. The van der Waals surface area contributed by atoms with Crippen molar-refractivity contribution in [3.63, 3.8) is 0 Å². The first kappa shape index (κ1) is 17.7. The highest BCUT2D eigenvalue weighted by Crippen LogP contribution is 2.28. The van der Waals surface area contributed by atoms with Gasteiger partial charge in [-0.1, -0.05) is 48.4 Å². The quantitative estimate of drug-likeness (QED) is 0.731. The molecule has 0 spiro atoms. The molecule has 1 fully saturated rings. The number of nitrogens with zero attached hydrogens (tertiary/aromatic N) is 3. The monoisotopic (exact) mass is 382 g/mol. The van der Waals surface area contributed by atoms with Crippen molar-refractivity contribution in [2.24, 2.45) is 0 Å². The van der Waals surface area contributed by atoms with E-state index in [1.165, 1.54) is 48.7 Å². The SMILES string of the molecule is CN(Cc1cccs1)C(=O)CSc1nnc(NC2CCCCC2)s1. The summed E-state index contributed by atoms with van der Waals surface area (Å²) in [5.74, 6) is 0.519. The Morgan fingerprint density at radius 2 is 2.21 bits per heavy atom. The fourth-order valence-electron chi connectivity index (χ4n) is 2.71. The van der Waals surface area contributed by atoms with Crippen LogP contribution in [0.1, 0.15) is 37.0 Å². The van der Waals surface area contributed by atoms with Gasteiger partial charge in [-0.15, -0.1) is 21.5 Å². The van der Waals surface area contributed by atoms with Gasteiger partial charge in [0.1, 0.15) is 0 Å². The molecule has 130 valence electrons. The molecule has 0 aromatic carbocycles. The van der Waals surface area contributed by atoms with E-state index in [-0.39, 0.29) is 5.91 Å². The van der Waals surface area contributed by atoms with E-state index in [1.807, 2.05) is 18.5 Å². The van der Waals surface area contributed by atoms with Crippen LogP contribution in [0.3, 0.4) is 0 Å². The smallest absolute Gasteiger partial charge is 0.233 e. The van der Waals surface area contributed by atoms with Crippen LogP contribution in [0.2, 0.25) is 0 Å². The Bertz CT molecular complexity index is 638. The number of rotatable bonds is 7. The summed E-state index contributed by atoms with van der Waals surface area (Å²) in [5, 5.41) is 14.8. The van der Waals surface area contributed by atoms with Gasteiger partial charge in [-0.3, -0.25) is 4.79 Å². The highest BCUT2D eigenvalue weighted by molar-refractivity contribution is 8.01. The Morgan fingerprint density at radius 3 is 2.96 bits per heavy atom.